The van der Waals surface area contributed by atoms with Crippen molar-refractivity contribution >= 4 is 5.91 Å². The summed E-state index contributed by atoms with van der Waals surface area (Å²) in [4.78, 5) is 16.8. The number of hydrogen-bond acceptors (Lipinski definition) is 3. The van der Waals surface area contributed by atoms with Gasteiger partial charge in [-0.15, -0.1) is 0 Å². The topological polar surface area (TPSA) is 51.2 Å². The van der Waals surface area contributed by atoms with Gasteiger partial charge in [-0.3, -0.25) is 9.78 Å². The molecule has 1 amide bonds. The van der Waals surface area contributed by atoms with Crippen LogP contribution in [0.2, 0.25) is 0 Å². The minimum absolute atomic E-state index is 0.0302. The molecule has 1 N–H and O–H groups in total. The summed E-state index contributed by atoms with van der Waals surface area (Å²) in [6, 6.07) is 19.6. The molecule has 0 fully saturated rings. The van der Waals surface area contributed by atoms with Crippen molar-refractivity contribution in [1.82, 2.24) is 10.3 Å². The van der Waals surface area contributed by atoms with E-state index in [0.29, 0.717) is 5.92 Å². The normalized spacial score (nSPS) is 11.9. The third-order valence-electron chi connectivity index (χ3n) is 4.63. The first kappa shape index (κ1) is 19.6. The Hall–Kier alpha value is -3.14. The molecule has 0 aliphatic heterocycles. The number of pyridine rings is 1. The summed E-state index contributed by atoms with van der Waals surface area (Å²) in [5.41, 5.74) is 4.21. The molecule has 0 bridgehead atoms. The van der Waals surface area contributed by atoms with Crippen LogP contribution in [0.5, 0.6) is 5.75 Å². The van der Waals surface area contributed by atoms with E-state index in [0.717, 1.165) is 28.0 Å². The highest BCUT2D eigenvalue weighted by Gasteiger charge is 2.17. The van der Waals surface area contributed by atoms with Gasteiger partial charge in [0, 0.05) is 12.4 Å². The van der Waals surface area contributed by atoms with Crippen LogP contribution in [0.1, 0.15) is 48.1 Å². The number of nitrogens with one attached hydrogen (secondary N) is 1. The van der Waals surface area contributed by atoms with E-state index in [-0.39, 0.29) is 18.6 Å². The van der Waals surface area contributed by atoms with Gasteiger partial charge in [-0.05, 0) is 53.3 Å². The van der Waals surface area contributed by atoms with Crippen LogP contribution >= 0.6 is 0 Å². The molecule has 0 saturated carbocycles. The van der Waals surface area contributed by atoms with Crippen LogP contribution in [-0.4, -0.2) is 17.5 Å². The number of aromatic nitrogens is 1. The fourth-order valence-corrected chi connectivity index (χ4v) is 3.15. The fraction of sp³-hybridized carbons (Fsp3) is 0.250. The number of rotatable bonds is 7. The molecular formula is C24H26N2O2. The summed E-state index contributed by atoms with van der Waals surface area (Å²) in [6.07, 6.45) is 3.46. The Morgan fingerprint density at radius 2 is 1.68 bits per heavy atom. The highest BCUT2D eigenvalue weighted by atomic mass is 16.5. The van der Waals surface area contributed by atoms with Crippen LogP contribution in [0.3, 0.4) is 0 Å². The van der Waals surface area contributed by atoms with Gasteiger partial charge in [0.15, 0.2) is 6.61 Å². The zero-order valence-electron chi connectivity index (χ0n) is 16.6. The quantitative estimate of drug-likeness (QED) is 0.646. The molecule has 1 aromatic heterocycles. The standard InChI is InChI=1S/C24H26N2O2/c1-17(2)21-10-9-18(3)15-22(21)28-16-23(27)26-24(19-7-5-4-6-8-19)20-11-13-25-14-12-20/h4-15,17,24H,16H2,1-3H3,(H,26,27)/t24-/m0/s1. The second-order valence-corrected chi connectivity index (χ2v) is 7.18. The van der Waals surface area contributed by atoms with Gasteiger partial charge < -0.3 is 10.1 Å². The number of benzene rings is 2. The van der Waals surface area contributed by atoms with Gasteiger partial charge in [-0.2, -0.15) is 0 Å². The molecule has 0 aliphatic rings. The molecule has 2 aromatic carbocycles. The van der Waals surface area contributed by atoms with Crippen molar-refractivity contribution in [3.05, 3.63) is 95.3 Å². The van der Waals surface area contributed by atoms with Crippen LogP contribution in [0.4, 0.5) is 0 Å². The van der Waals surface area contributed by atoms with Crippen molar-refractivity contribution < 1.29 is 9.53 Å². The summed E-state index contributed by atoms with van der Waals surface area (Å²) < 4.78 is 5.89. The Morgan fingerprint density at radius 3 is 2.36 bits per heavy atom. The third-order valence-corrected chi connectivity index (χ3v) is 4.63. The van der Waals surface area contributed by atoms with Gasteiger partial charge >= 0.3 is 0 Å². The number of amides is 1. The monoisotopic (exact) mass is 374 g/mol. The van der Waals surface area contributed by atoms with Crippen LogP contribution in [0, 0.1) is 6.92 Å². The largest absolute Gasteiger partial charge is 0.483 e. The molecule has 3 aromatic rings. The van der Waals surface area contributed by atoms with Crippen molar-refractivity contribution in [2.45, 2.75) is 32.7 Å². The summed E-state index contributed by atoms with van der Waals surface area (Å²) in [7, 11) is 0. The van der Waals surface area contributed by atoms with Crippen molar-refractivity contribution in [3.8, 4) is 5.75 Å². The van der Waals surface area contributed by atoms with Gasteiger partial charge in [-0.25, -0.2) is 0 Å². The zero-order chi connectivity index (χ0) is 19.9. The minimum atomic E-state index is -0.248. The van der Waals surface area contributed by atoms with Gasteiger partial charge in [-0.1, -0.05) is 56.3 Å². The second-order valence-electron chi connectivity index (χ2n) is 7.18. The molecule has 1 atom stereocenters. The first-order chi connectivity index (χ1) is 13.5. The number of ether oxygens (including phenoxy) is 1. The first-order valence-electron chi connectivity index (χ1n) is 9.52. The molecule has 0 aliphatic carbocycles. The first-order valence-corrected chi connectivity index (χ1v) is 9.52. The Labute approximate surface area is 166 Å². The van der Waals surface area contributed by atoms with E-state index in [4.69, 9.17) is 4.74 Å². The summed E-state index contributed by atoms with van der Waals surface area (Å²) in [5.74, 6) is 0.930. The highest BCUT2D eigenvalue weighted by molar-refractivity contribution is 5.78. The maximum absolute atomic E-state index is 12.7. The molecule has 4 heteroatoms. The van der Waals surface area contributed by atoms with Crippen molar-refractivity contribution in [3.63, 3.8) is 0 Å². The predicted molar refractivity (Wildman–Crippen MR) is 111 cm³/mol. The zero-order valence-corrected chi connectivity index (χ0v) is 16.6. The van der Waals surface area contributed by atoms with E-state index >= 15 is 0 Å². The van der Waals surface area contributed by atoms with Crippen LogP contribution < -0.4 is 10.1 Å². The molecule has 0 unspecified atom stereocenters. The number of carbonyl (C=O) groups is 1. The van der Waals surface area contributed by atoms with E-state index in [1.807, 2.05) is 55.5 Å². The van der Waals surface area contributed by atoms with E-state index in [1.165, 1.54) is 0 Å². The smallest absolute Gasteiger partial charge is 0.258 e. The Kier molecular flexibility index (Phi) is 6.43. The maximum atomic E-state index is 12.7. The predicted octanol–water partition coefficient (Wildman–Crippen LogP) is 4.80. The summed E-state index contributed by atoms with van der Waals surface area (Å²) in [5, 5.41) is 3.09. The van der Waals surface area contributed by atoms with Crippen molar-refractivity contribution in [1.29, 1.82) is 0 Å². The third kappa shape index (κ3) is 4.97. The maximum Gasteiger partial charge on any atom is 0.258 e. The Morgan fingerprint density at radius 1 is 1.00 bits per heavy atom. The van der Waals surface area contributed by atoms with Crippen LogP contribution in [-0.2, 0) is 4.79 Å². The number of carbonyl (C=O) groups excluding carboxylic acids is 1. The SMILES string of the molecule is Cc1ccc(C(C)C)c(OCC(=O)N[C@@H](c2ccccc2)c2ccncc2)c1. The average molecular weight is 374 g/mol. The van der Waals surface area contributed by atoms with Crippen molar-refractivity contribution in [2.75, 3.05) is 6.61 Å². The lowest BCUT2D eigenvalue weighted by molar-refractivity contribution is -0.123. The molecular weight excluding hydrogens is 348 g/mol. The van der Waals surface area contributed by atoms with E-state index in [1.54, 1.807) is 12.4 Å². The number of hydrogen-bond donors (Lipinski definition) is 1. The lowest BCUT2D eigenvalue weighted by Gasteiger charge is -2.20. The molecule has 3 rings (SSSR count). The second kappa shape index (κ2) is 9.18. The van der Waals surface area contributed by atoms with Crippen LogP contribution in [0.25, 0.3) is 0 Å². The van der Waals surface area contributed by atoms with Gasteiger partial charge in [0.25, 0.3) is 5.91 Å². The number of aryl methyl sites for hydroxylation is 1. The van der Waals surface area contributed by atoms with E-state index in [9.17, 15) is 4.79 Å². The molecule has 0 radical (unpaired) electrons. The highest BCUT2D eigenvalue weighted by Crippen LogP contribution is 2.27. The van der Waals surface area contributed by atoms with E-state index in [2.05, 4.69) is 36.3 Å². The fourth-order valence-electron chi connectivity index (χ4n) is 3.15. The van der Waals surface area contributed by atoms with Crippen molar-refractivity contribution in [2.24, 2.45) is 0 Å². The van der Waals surface area contributed by atoms with E-state index < -0.39 is 0 Å². The van der Waals surface area contributed by atoms with Crippen LogP contribution in [0.15, 0.2) is 73.1 Å². The average Bonchev–Trinajstić information content (AvgIpc) is 2.71. The molecule has 1 heterocycles. The molecule has 4 nitrogen and oxygen atoms in total. The Bertz CT molecular complexity index is 869. The minimum Gasteiger partial charge on any atom is -0.483 e. The molecule has 0 saturated heterocycles. The van der Waals surface area contributed by atoms with Gasteiger partial charge in [0.2, 0.25) is 0 Å². The number of nitrogens with zero attached hydrogens (tertiary/aromatic N) is 1. The van der Waals surface area contributed by atoms with Gasteiger partial charge in [0.1, 0.15) is 5.75 Å². The molecule has 144 valence electrons. The Balaban J connectivity index is 1.74. The lowest BCUT2D eigenvalue weighted by Crippen LogP contribution is -2.33. The molecule has 0 spiro atoms. The lowest BCUT2D eigenvalue weighted by atomic mass is 9.99. The summed E-state index contributed by atoms with van der Waals surface area (Å²) in [6.45, 7) is 6.22. The summed E-state index contributed by atoms with van der Waals surface area (Å²) >= 11 is 0. The molecule has 28 heavy (non-hydrogen) atoms. The van der Waals surface area contributed by atoms with Gasteiger partial charge in [0.05, 0.1) is 6.04 Å².